The summed E-state index contributed by atoms with van der Waals surface area (Å²) in [7, 11) is 0. The van der Waals surface area contributed by atoms with Crippen molar-refractivity contribution < 1.29 is 14.1 Å². The van der Waals surface area contributed by atoms with Crippen LogP contribution in [-0.4, -0.2) is 20.5 Å². The smallest absolute Gasteiger partial charge is 0.358 e. The first-order valence-electron chi connectivity index (χ1n) is 5.49. The van der Waals surface area contributed by atoms with Crippen LogP contribution in [0.15, 0.2) is 36.5 Å². The maximum absolute atomic E-state index is 13.3. The summed E-state index contributed by atoms with van der Waals surface area (Å²) in [6, 6.07) is 7.20. The van der Waals surface area contributed by atoms with Crippen LogP contribution in [0.1, 0.15) is 5.56 Å². The first kappa shape index (κ1) is 12.9. The van der Waals surface area contributed by atoms with Crippen LogP contribution < -0.4 is 0 Å². The topological polar surface area (TPSA) is 78.0 Å². The minimum atomic E-state index is -0.641. The number of carbonyl (C=O) groups is 1. The van der Waals surface area contributed by atoms with Crippen LogP contribution in [0, 0.1) is 15.9 Å². The molecule has 2 aromatic rings. The minimum absolute atomic E-state index is 0.0691. The fraction of sp³-hybridized carbons (Fsp3) is 0.167. The van der Waals surface area contributed by atoms with Gasteiger partial charge in [0.25, 0.3) is 0 Å². The van der Waals surface area contributed by atoms with Crippen LogP contribution in [0.3, 0.4) is 0 Å². The molecule has 0 amide bonds. The highest BCUT2D eigenvalue weighted by atomic mass is 19.1. The molecule has 0 aliphatic heterocycles. The number of nitrogens with zero attached hydrogens (tertiary/aromatic N) is 3. The molecule has 1 heterocycles. The molecule has 7 heteroatoms. The van der Waals surface area contributed by atoms with E-state index in [0.717, 1.165) is 0 Å². The number of rotatable bonds is 5. The maximum atomic E-state index is 13.3. The summed E-state index contributed by atoms with van der Waals surface area (Å²) in [6.07, 6.45) is 1.28. The predicted molar refractivity (Wildman–Crippen MR) is 64.0 cm³/mol. The SMILES string of the molecule is O=C(Cc1ccccc1F)Cn1ccc([N+](=O)[O-])n1. The van der Waals surface area contributed by atoms with E-state index in [2.05, 4.69) is 5.10 Å². The quantitative estimate of drug-likeness (QED) is 0.608. The Morgan fingerprint density at radius 1 is 1.37 bits per heavy atom. The van der Waals surface area contributed by atoms with Crippen LogP contribution in [-0.2, 0) is 17.8 Å². The third kappa shape index (κ3) is 3.21. The van der Waals surface area contributed by atoms with E-state index in [9.17, 15) is 19.3 Å². The number of Topliss-reactive ketones (excluding diaryl/α,β-unsaturated/α-hetero) is 1. The molecule has 98 valence electrons. The Bertz CT molecular complexity index is 624. The molecule has 0 aliphatic carbocycles. The summed E-state index contributed by atoms with van der Waals surface area (Å²) in [5.74, 6) is -1.04. The molecule has 0 bridgehead atoms. The van der Waals surface area contributed by atoms with Gasteiger partial charge in [0.15, 0.2) is 5.78 Å². The Hall–Kier alpha value is -2.57. The summed E-state index contributed by atoms with van der Waals surface area (Å²) in [4.78, 5) is 21.5. The number of ketones is 1. The average molecular weight is 263 g/mol. The first-order chi connectivity index (χ1) is 9.06. The van der Waals surface area contributed by atoms with Crippen molar-refractivity contribution in [1.82, 2.24) is 9.78 Å². The third-order valence-corrected chi connectivity index (χ3v) is 2.50. The molecule has 0 unspecified atom stereocenters. The lowest BCUT2D eigenvalue weighted by molar-refractivity contribution is -0.389. The maximum Gasteiger partial charge on any atom is 0.389 e. The van der Waals surface area contributed by atoms with Crippen LogP contribution >= 0.6 is 0 Å². The monoisotopic (exact) mass is 263 g/mol. The van der Waals surface area contributed by atoms with Crippen molar-refractivity contribution in [2.75, 3.05) is 0 Å². The predicted octanol–water partition coefficient (Wildman–Crippen LogP) is 1.74. The molecule has 2 rings (SSSR count). The third-order valence-electron chi connectivity index (χ3n) is 2.50. The van der Waals surface area contributed by atoms with Gasteiger partial charge in [0.2, 0.25) is 0 Å². The van der Waals surface area contributed by atoms with Crippen molar-refractivity contribution in [3.8, 4) is 0 Å². The Morgan fingerprint density at radius 3 is 2.74 bits per heavy atom. The Kier molecular flexibility index (Phi) is 3.65. The standard InChI is InChI=1S/C12H10FN3O3/c13-11-4-2-1-3-9(11)7-10(17)8-15-6-5-12(14-15)16(18)19/h1-6H,7-8H2. The summed E-state index contributed by atoms with van der Waals surface area (Å²) in [5.41, 5.74) is 0.300. The Balaban J connectivity index is 2.01. The van der Waals surface area contributed by atoms with Crippen LogP contribution in [0.2, 0.25) is 0 Å². The number of aromatic nitrogens is 2. The van der Waals surface area contributed by atoms with Gasteiger partial charge in [-0.2, -0.15) is 4.68 Å². The molecule has 0 radical (unpaired) electrons. The van der Waals surface area contributed by atoms with Crippen molar-refractivity contribution in [2.45, 2.75) is 13.0 Å². The van der Waals surface area contributed by atoms with Gasteiger partial charge in [0.1, 0.15) is 12.4 Å². The zero-order valence-corrected chi connectivity index (χ0v) is 9.82. The Labute approximate surface area is 107 Å². The van der Waals surface area contributed by atoms with Crippen LogP contribution in [0.25, 0.3) is 0 Å². The fourth-order valence-electron chi connectivity index (χ4n) is 1.63. The van der Waals surface area contributed by atoms with Gasteiger partial charge in [-0.15, -0.1) is 0 Å². The molecule has 1 aromatic carbocycles. The second-order valence-electron chi connectivity index (χ2n) is 3.94. The fourth-order valence-corrected chi connectivity index (χ4v) is 1.63. The highest BCUT2D eigenvalue weighted by Crippen LogP contribution is 2.09. The Morgan fingerprint density at radius 2 is 2.11 bits per heavy atom. The number of carbonyl (C=O) groups excluding carboxylic acids is 1. The molecule has 1 aromatic heterocycles. The number of hydrogen-bond acceptors (Lipinski definition) is 4. The average Bonchev–Trinajstić information content (AvgIpc) is 2.80. The van der Waals surface area contributed by atoms with E-state index in [1.54, 1.807) is 12.1 Å². The van der Waals surface area contributed by atoms with Crippen molar-refractivity contribution in [1.29, 1.82) is 0 Å². The molecule has 6 nitrogen and oxygen atoms in total. The molecule has 0 spiro atoms. The highest BCUT2D eigenvalue weighted by molar-refractivity contribution is 5.80. The van der Waals surface area contributed by atoms with Gasteiger partial charge >= 0.3 is 5.82 Å². The van der Waals surface area contributed by atoms with Gasteiger partial charge < -0.3 is 10.1 Å². The first-order valence-corrected chi connectivity index (χ1v) is 5.49. The van der Waals surface area contributed by atoms with Gasteiger partial charge in [-0.05, 0) is 16.6 Å². The molecule has 0 aliphatic rings. The van der Waals surface area contributed by atoms with Crippen LogP contribution in [0.4, 0.5) is 10.2 Å². The molecular weight excluding hydrogens is 253 g/mol. The molecular formula is C12H10FN3O3. The normalized spacial score (nSPS) is 10.4. The summed E-state index contributed by atoms with van der Waals surface area (Å²) in [5, 5.41) is 14.0. The number of halogens is 1. The molecule has 0 saturated heterocycles. The zero-order chi connectivity index (χ0) is 13.8. The minimum Gasteiger partial charge on any atom is -0.358 e. The van der Waals surface area contributed by atoms with E-state index < -0.39 is 10.7 Å². The van der Waals surface area contributed by atoms with Crippen molar-refractivity contribution in [2.24, 2.45) is 0 Å². The second-order valence-corrected chi connectivity index (χ2v) is 3.94. The summed E-state index contributed by atoms with van der Waals surface area (Å²) >= 11 is 0. The van der Waals surface area contributed by atoms with Crippen molar-refractivity contribution >= 4 is 11.6 Å². The van der Waals surface area contributed by atoms with E-state index in [4.69, 9.17) is 0 Å². The molecule has 0 fully saturated rings. The lowest BCUT2D eigenvalue weighted by atomic mass is 10.1. The summed E-state index contributed by atoms with van der Waals surface area (Å²) < 4.78 is 14.5. The largest absolute Gasteiger partial charge is 0.389 e. The van der Waals surface area contributed by atoms with Crippen LogP contribution in [0.5, 0.6) is 0 Å². The number of hydrogen-bond donors (Lipinski definition) is 0. The van der Waals surface area contributed by atoms with E-state index in [0.29, 0.717) is 5.56 Å². The van der Waals surface area contributed by atoms with E-state index >= 15 is 0 Å². The van der Waals surface area contributed by atoms with E-state index in [-0.39, 0.29) is 24.6 Å². The molecule has 0 atom stereocenters. The zero-order valence-electron chi connectivity index (χ0n) is 9.82. The van der Waals surface area contributed by atoms with E-state index in [1.807, 2.05) is 0 Å². The van der Waals surface area contributed by atoms with Gasteiger partial charge in [-0.25, -0.2) is 4.39 Å². The van der Waals surface area contributed by atoms with E-state index in [1.165, 1.54) is 29.1 Å². The van der Waals surface area contributed by atoms with Crippen molar-refractivity contribution in [3.05, 3.63) is 58.0 Å². The summed E-state index contributed by atoms with van der Waals surface area (Å²) in [6.45, 7) is -0.123. The van der Waals surface area contributed by atoms with Gasteiger partial charge in [-0.3, -0.25) is 4.79 Å². The van der Waals surface area contributed by atoms with Crippen molar-refractivity contribution in [3.63, 3.8) is 0 Å². The molecule has 0 N–H and O–H groups in total. The lowest BCUT2D eigenvalue weighted by Crippen LogP contribution is -2.13. The molecule has 0 saturated carbocycles. The highest BCUT2D eigenvalue weighted by Gasteiger charge is 2.14. The number of benzene rings is 1. The van der Waals surface area contributed by atoms with Gasteiger partial charge in [-0.1, -0.05) is 18.2 Å². The van der Waals surface area contributed by atoms with Gasteiger partial charge in [0, 0.05) is 6.42 Å². The lowest BCUT2D eigenvalue weighted by Gasteiger charge is -2.01. The second kappa shape index (κ2) is 5.38. The number of nitro groups is 1. The molecule has 19 heavy (non-hydrogen) atoms. The van der Waals surface area contributed by atoms with Gasteiger partial charge in [0.05, 0.1) is 17.4 Å².